The van der Waals surface area contributed by atoms with E-state index in [0.717, 1.165) is 31.8 Å². The molecule has 0 saturated heterocycles. The highest BCUT2D eigenvalue weighted by Crippen LogP contribution is 2.18. The molecule has 102 valence electrons. The van der Waals surface area contributed by atoms with Crippen molar-refractivity contribution in [2.75, 3.05) is 26.9 Å². The lowest BCUT2D eigenvalue weighted by molar-refractivity contribution is 0.114. The minimum absolute atomic E-state index is 0.247. The van der Waals surface area contributed by atoms with Crippen molar-refractivity contribution in [1.82, 2.24) is 5.32 Å². The maximum atomic E-state index is 5.59. The van der Waals surface area contributed by atoms with E-state index in [1.54, 1.807) is 0 Å². The van der Waals surface area contributed by atoms with Crippen LogP contribution in [0.15, 0.2) is 24.3 Å². The lowest BCUT2D eigenvalue weighted by atomic mass is 10.1. The SMILES string of the molecule is CCCOCC(NC)c1ccc(OCCC)cc1. The summed E-state index contributed by atoms with van der Waals surface area (Å²) in [5, 5.41) is 3.27. The van der Waals surface area contributed by atoms with E-state index in [9.17, 15) is 0 Å². The third kappa shape index (κ3) is 5.07. The first-order valence-electron chi connectivity index (χ1n) is 6.79. The Morgan fingerprint density at radius 2 is 1.72 bits per heavy atom. The summed E-state index contributed by atoms with van der Waals surface area (Å²) in [6, 6.07) is 8.49. The molecule has 1 N–H and O–H groups in total. The molecule has 0 fully saturated rings. The summed E-state index contributed by atoms with van der Waals surface area (Å²) in [5.41, 5.74) is 1.23. The van der Waals surface area contributed by atoms with E-state index in [1.165, 1.54) is 5.56 Å². The maximum absolute atomic E-state index is 5.59. The van der Waals surface area contributed by atoms with Gasteiger partial charge in [-0.1, -0.05) is 26.0 Å². The Morgan fingerprint density at radius 3 is 2.28 bits per heavy atom. The molecule has 0 radical (unpaired) electrons. The Bertz CT molecular complexity index is 311. The highest BCUT2D eigenvalue weighted by molar-refractivity contribution is 5.29. The number of nitrogens with one attached hydrogen (secondary N) is 1. The largest absolute Gasteiger partial charge is 0.494 e. The van der Waals surface area contributed by atoms with Crippen molar-refractivity contribution in [3.8, 4) is 5.75 Å². The molecule has 3 nitrogen and oxygen atoms in total. The molecule has 1 rings (SSSR count). The van der Waals surface area contributed by atoms with Crippen LogP contribution >= 0.6 is 0 Å². The van der Waals surface area contributed by atoms with Crippen LogP contribution in [0.2, 0.25) is 0 Å². The van der Waals surface area contributed by atoms with Crippen LogP contribution in [0, 0.1) is 0 Å². The first-order valence-corrected chi connectivity index (χ1v) is 6.79. The Kier molecular flexibility index (Phi) is 7.46. The van der Waals surface area contributed by atoms with Gasteiger partial charge in [-0.15, -0.1) is 0 Å². The fourth-order valence-electron chi connectivity index (χ4n) is 1.71. The molecule has 1 atom stereocenters. The zero-order valence-electron chi connectivity index (χ0n) is 11.7. The van der Waals surface area contributed by atoms with Crippen LogP contribution in [0.25, 0.3) is 0 Å². The third-order valence-electron chi connectivity index (χ3n) is 2.74. The number of hydrogen-bond acceptors (Lipinski definition) is 3. The number of rotatable bonds is 9. The molecule has 18 heavy (non-hydrogen) atoms. The van der Waals surface area contributed by atoms with Crippen LogP contribution in [-0.4, -0.2) is 26.9 Å². The molecule has 0 saturated carbocycles. The first kappa shape index (κ1) is 15.0. The van der Waals surface area contributed by atoms with Gasteiger partial charge in [0.05, 0.1) is 19.3 Å². The molecule has 0 aliphatic carbocycles. The van der Waals surface area contributed by atoms with Gasteiger partial charge in [0.25, 0.3) is 0 Å². The number of benzene rings is 1. The van der Waals surface area contributed by atoms with E-state index in [1.807, 2.05) is 19.2 Å². The highest BCUT2D eigenvalue weighted by atomic mass is 16.5. The van der Waals surface area contributed by atoms with Gasteiger partial charge < -0.3 is 14.8 Å². The van der Waals surface area contributed by atoms with E-state index in [4.69, 9.17) is 9.47 Å². The zero-order chi connectivity index (χ0) is 13.2. The Morgan fingerprint density at radius 1 is 1.06 bits per heavy atom. The quantitative estimate of drug-likeness (QED) is 0.684. The van der Waals surface area contributed by atoms with Crippen LogP contribution in [0.4, 0.5) is 0 Å². The zero-order valence-corrected chi connectivity index (χ0v) is 11.7. The van der Waals surface area contributed by atoms with Crippen molar-refractivity contribution >= 4 is 0 Å². The van der Waals surface area contributed by atoms with Gasteiger partial charge in [0.2, 0.25) is 0 Å². The van der Waals surface area contributed by atoms with Gasteiger partial charge in [-0.25, -0.2) is 0 Å². The van der Waals surface area contributed by atoms with E-state index >= 15 is 0 Å². The molecule has 0 amide bonds. The topological polar surface area (TPSA) is 30.5 Å². The molecule has 0 aliphatic rings. The van der Waals surface area contributed by atoms with Crippen molar-refractivity contribution in [3.63, 3.8) is 0 Å². The lowest BCUT2D eigenvalue weighted by Crippen LogP contribution is -2.21. The smallest absolute Gasteiger partial charge is 0.119 e. The lowest BCUT2D eigenvalue weighted by Gasteiger charge is -2.17. The van der Waals surface area contributed by atoms with Crippen LogP contribution in [0.3, 0.4) is 0 Å². The van der Waals surface area contributed by atoms with Gasteiger partial charge in [0, 0.05) is 6.61 Å². The second kappa shape index (κ2) is 8.95. The molecule has 0 aliphatic heterocycles. The van der Waals surface area contributed by atoms with Crippen LogP contribution < -0.4 is 10.1 Å². The standard InChI is InChI=1S/C15H25NO2/c1-4-10-17-12-15(16-3)13-6-8-14(9-7-13)18-11-5-2/h6-9,15-16H,4-5,10-12H2,1-3H3. The minimum atomic E-state index is 0.247. The third-order valence-corrected chi connectivity index (χ3v) is 2.74. The Balaban J connectivity index is 2.52. The molecular weight excluding hydrogens is 226 g/mol. The van der Waals surface area contributed by atoms with Crippen molar-refractivity contribution in [2.45, 2.75) is 32.7 Å². The minimum Gasteiger partial charge on any atom is -0.494 e. The molecule has 3 heteroatoms. The first-order chi connectivity index (χ1) is 8.81. The summed E-state index contributed by atoms with van der Waals surface area (Å²) in [4.78, 5) is 0. The fraction of sp³-hybridized carbons (Fsp3) is 0.600. The summed E-state index contributed by atoms with van der Waals surface area (Å²) >= 11 is 0. The van der Waals surface area contributed by atoms with Crippen LogP contribution in [0.1, 0.15) is 38.3 Å². The van der Waals surface area contributed by atoms with Crippen molar-refractivity contribution in [2.24, 2.45) is 0 Å². The van der Waals surface area contributed by atoms with Crippen molar-refractivity contribution < 1.29 is 9.47 Å². The fourth-order valence-corrected chi connectivity index (χ4v) is 1.71. The molecule has 1 aromatic rings. The molecule has 1 aromatic carbocycles. The maximum Gasteiger partial charge on any atom is 0.119 e. The normalized spacial score (nSPS) is 12.4. The van der Waals surface area contributed by atoms with Gasteiger partial charge in [-0.3, -0.25) is 0 Å². The average molecular weight is 251 g/mol. The Hall–Kier alpha value is -1.06. The molecule has 0 heterocycles. The predicted octanol–water partition coefficient (Wildman–Crippen LogP) is 3.16. The summed E-state index contributed by atoms with van der Waals surface area (Å²) < 4.78 is 11.2. The van der Waals surface area contributed by atoms with Gasteiger partial charge in [0.1, 0.15) is 5.75 Å². The second-order valence-electron chi connectivity index (χ2n) is 4.33. The van der Waals surface area contributed by atoms with E-state index < -0.39 is 0 Å². The van der Waals surface area contributed by atoms with Gasteiger partial charge in [-0.2, -0.15) is 0 Å². The summed E-state index contributed by atoms with van der Waals surface area (Å²) in [6.07, 6.45) is 2.09. The molecule has 0 bridgehead atoms. The average Bonchev–Trinajstić information content (AvgIpc) is 2.42. The summed E-state index contributed by atoms with van der Waals surface area (Å²) in [5.74, 6) is 0.935. The van der Waals surface area contributed by atoms with E-state index in [2.05, 4.69) is 31.3 Å². The predicted molar refractivity (Wildman–Crippen MR) is 75.1 cm³/mol. The van der Waals surface area contributed by atoms with Gasteiger partial charge >= 0.3 is 0 Å². The number of ether oxygens (including phenoxy) is 2. The van der Waals surface area contributed by atoms with E-state index in [0.29, 0.717) is 6.61 Å². The number of hydrogen-bond donors (Lipinski definition) is 1. The van der Waals surface area contributed by atoms with Gasteiger partial charge in [0.15, 0.2) is 0 Å². The molecular formula is C15H25NO2. The monoisotopic (exact) mass is 251 g/mol. The summed E-state index contributed by atoms with van der Waals surface area (Å²) in [6.45, 7) is 6.52. The Labute approximate surface area is 110 Å². The summed E-state index contributed by atoms with van der Waals surface area (Å²) in [7, 11) is 1.96. The van der Waals surface area contributed by atoms with Crippen LogP contribution in [0.5, 0.6) is 5.75 Å². The van der Waals surface area contributed by atoms with Crippen molar-refractivity contribution in [3.05, 3.63) is 29.8 Å². The number of likely N-dealkylation sites (N-methyl/N-ethyl adjacent to an activating group) is 1. The molecule has 0 spiro atoms. The second-order valence-corrected chi connectivity index (χ2v) is 4.33. The van der Waals surface area contributed by atoms with Crippen LogP contribution in [-0.2, 0) is 4.74 Å². The molecule has 0 aromatic heterocycles. The molecule has 1 unspecified atom stereocenters. The van der Waals surface area contributed by atoms with Gasteiger partial charge in [-0.05, 0) is 37.6 Å². The van der Waals surface area contributed by atoms with Crippen molar-refractivity contribution in [1.29, 1.82) is 0 Å². The highest BCUT2D eigenvalue weighted by Gasteiger charge is 2.09. The van der Waals surface area contributed by atoms with E-state index in [-0.39, 0.29) is 6.04 Å².